The lowest BCUT2D eigenvalue weighted by Gasteiger charge is -2.26. The van der Waals surface area contributed by atoms with Gasteiger partial charge in [-0.3, -0.25) is 4.90 Å². The van der Waals surface area contributed by atoms with Crippen molar-refractivity contribution >= 4 is 34.4 Å². The molecule has 2 aromatic carbocycles. The van der Waals surface area contributed by atoms with Gasteiger partial charge in [-0.2, -0.15) is 4.98 Å². The standard InChI is InChI=1S/C28H30Cl2N6O2/c1-28(7-8-28)38-27-24-26(32-18-33-27)36(17-19-3-2-4-20(29)15-19)25(34-24)22-6-5-21(16-23(22)30)37-14-13-35-11-9-31-10-12-35/h2-6,15-16,18,31H,7-14,17H2,1H3. The first-order valence-corrected chi connectivity index (χ1v) is 13.7. The SMILES string of the molecule is CC1(Oc2ncnc3c2nc(-c2ccc(OCCN4CCNCC4)cc2Cl)n3Cc2cccc(Cl)c2)CC1. The summed E-state index contributed by atoms with van der Waals surface area (Å²) in [5.74, 6) is 1.91. The van der Waals surface area contributed by atoms with Gasteiger partial charge in [-0.1, -0.05) is 35.3 Å². The Bertz CT molecular complexity index is 1450. The second-order valence-corrected chi connectivity index (χ2v) is 11.0. The zero-order chi connectivity index (χ0) is 26.1. The summed E-state index contributed by atoms with van der Waals surface area (Å²) in [7, 11) is 0. The number of imidazole rings is 1. The van der Waals surface area contributed by atoms with Crippen LogP contribution in [-0.4, -0.2) is 69.4 Å². The monoisotopic (exact) mass is 552 g/mol. The zero-order valence-electron chi connectivity index (χ0n) is 21.3. The van der Waals surface area contributed by atoms with Crippen molar-refractivity contribution in [3.05, 3.63) is 64.4 Å². The molecule has 1 N–H and O–H groups in total. The normalized spacial score (nSPS) is 17.0. The van der Waals surface area contributed by atoms with Crippen molar-refractivity contribution in [2.45, 2.75) is 31.9 Å². The van der Waals surface area contributed by atoms with Crippen LogP contribution < -0.4 is 14.8 Å². The number of piperazine rings is 1. The molecule has 0 spiro atoms. The number of nitrogens with zero attached hydrogens (tertiary/aromatic N) is 5. The zero-order valence-corrected chi connectivity index (χ0v) is 22.8. The molecule has 1 saturated heterocycles. The van der Waals surface area contributed by atoms with Gasteiger partial charge in [0, 0.05) is 43.3 Å². The highest BCUT2D eigenvalue weighted by molar-refractivity contribution is 6.33. The van der Waals surface area contributed by atoms with E-state index in [2.05, 4.69) is 27.1 Å². The van der Waals surface area contributed by atoms with E-state index in [-0.39, 0.29) is 5.60 Å². The smallest absolute Gasteiger partial charge is 0.245 e. The van der Waals surface area contributed by atoms with Gasteiger partial charge >= 0.3 is 0 Å². The fourth-order valence-corrected chi connectivity index (χ4v) is 5.14. The van der Waals surface area contributed by atoms with E-state index in [0.29, 0.717) is 46.1 Å². The molecule has 6 rings (SSSR count). The van der Waals surface area contributed by atoms with Gasteiger partial charge in [0.25, 0.3) is 0 Å². The Morgan fingerprint density at radius 3 is 2.66 bits per heavy atom. The van der Waals surface area contributed by atoms with Crippen LogP contribution in [0.4, 0.5) is 0 Å². The second-order valence-electron chi connectivity index (χ2n) is 10.1. The first kappa shape index (κ1) is 25.4. The van der Waals surface area contributed by atoms with Gasteiger partial charge in [-0.15, -0.1) is 0 Å². The predicted octanol–water partition coefficient (Wildman–Crippen LogP) is 5.06. The van der Waals surface area contributed by atoms with E-state index in [9.17, 15) is 0 Å². The fourth-order valence-electron chi connectivity index (χ4n) is 4.67. The molecule has 198 valence electrons. The number of aromatic nitrogens is 4. The van der Waals surface area contributed by atoms with Gasteiger partial charge in [0.1, 0.15) is 30.1 Å². The van der Waals surface area contributed by atoms with Crippen LogP contribution in [0.5, 0.6) is 11.6 Å². The van der Waals surface area contributed by atoms with E-state index >= 15 is 0 Å². The molecular weight excluding hydrogens is 523 g/mol. The number of nitrogens with one attached hydrogen (secondary N) is 1. The van der Waals surface area contributed by atoms with Gasteiger partial charge in [0.2, 0.25) is 5.88 Å². The molecule has 1 aliphatic heterocycles. The number of fused-ring (bicyclic) bond motifs is 1. The summed E-state index contributed by atoms with van der Waals surface area (Å²) in [6, 6.07) is 13.5. The Morgan fingerprint density at radius 1 is 1.05 bits per heavy atom. The van der Waals surface area contributed by atoms with E-state index in [0.717, 1.165) is 62.4 Å². The lowest BCUT2D eigenvalue weighted by Crippen LogP contribution is -2.44. The predicted molar refractivity (Wildman–Crippen MR) is 149 cm³/mol. The third kappa shape index (κ3) is 5.59. The maximum Gasteiger partial charge on any atom is 0.245 e. The van der Waals surface area contributed by atoms with Crippen LogP contribution in [0.2, 0.25) is 10.0 Å². The lowest BCUT2D eigenvalue weighted by atomic mass is 10.2. The summed E-state index contributed by atoms with van der Waals surface area (Å²) in [5, 5.41) is 4.60. The molecule has 8 nitrogen and oxygen atoms in total. The van der Waals surface area contributed by atoms with Crippen molar-refractivity contribution in [1.82, 2.24) is 29.7 Å². The van der Waals surface area contributed by atoms with E-state index in [1.807, 2.05) is 47.0 Å². The molecule has 3 heterocycles. The molecular formula is C28H30Cl2N6O2. The van der Waals surface area contributed by atoms with Crippen molar-refractivity contribution in [2.75, 3.05) is 39.3 Å². The molecule has 2 aliphatic rings. The van der Waals surface area contributed by atoms with Crippen LogP contribution in [0.1, 0.15) is 25.3 Å². The number of halogens is 2. The Kier molecular flexibility index (Phi) is 7.14. The molecule has 0 amide bonds. The summed E-state index contributed by atoms with van der Waals surface area (Å²) in [4.78, 5) is 16.4. The summed E-state index contributed by atoms with van der Waals surface area (Å²) < 4.78 is 14.3. The van der Waals surface area contributed by atoms with E-state index in [4.69, 9.17) is 37.7 Å². The van der Waals surface area contributed by atoms with Crippen molar-refractivity contribution in [3.8, 4) is 23.0 Å². The van der Waals surface area contributed by atoms with Crippen LogP contribution in [-0.2, 0) is 6.54 Å². The summed E-state index contributed by atoms with van der Waals surface area (Å²) in [5.41, 5.74) is 2.91. The summed E-state index contributed by atoms with van der Waals surface area (Å²) >= 11 is 13.1. The summed E-state index contributed by atoms with van der Waals surface area (Å²) in [6.07, 6.45) is 3.52. The third-order valence-corrected chi connectivity index (χ3v) is 7.64. The minimum absolute atomic E-state index is 0.195. The topological polar surface area (TPSA) is 77.3 Å². The Balaban J connectivity index is 1.32. The Hall–Kier alpha value is -2.91. The molecule has 0 atom stereocenters. The minimum atomic E-state index is -0.195. The molecule has 1 saturated carbocycles. The Morgan fingerprint density at radius 2 is 1.89 bits per heavy atom. The molecule has 38 heavy (non-hydrogen) atoms. The first-order chi connectivity index (χ1) is 18.5. The highest BCUT2D eigenvalue weighted by atomic mass is 35.5. The number of benzene rings is 2. The maximum atomic E-state index is 6.84. The number of ether oxygens (including phenoxy) is 2. The average molecular weight is 553 g/mol. The average Bonchev–Trinajstić information content (AvgIpc) is 3.53. The van der Waals surface area contributed by atoms with Crippen LogP contribution in [0.25, 0.3) is 22.6 Å². The largest absolute Gasteiger partial charge is 0.492 e. The lowest BCUT2D eigenvalue weighted by molar-refractivity contribution is 0.191. The Labute approximate surface area is 231 Å². The van der Waals surface area contributed by atoms with E-state index in [1.165, 1.54) is 6.33 Å². The van der Waals surface area contributed by atoms with Gasteiger partial charge in [-0.05, 0) is 55.7 Å². The highest BCUT2D eigenvalue weighted by Crippen LogP contribution is 2.41. The van der Waals surface area contributed by atoms with Crippen LogP contribution in [0.3, 0.4) is 0 Å². The minimum Gasteiger partial charge on any atom is -0.492 e. The molecule has 0 bridgehead atoms. The molecule has 0 unspecified atom stereocenters. The maximum absolute atomic E-state index is 6.84. The van der Waals surface area contributed by atoms with Gasteiger partial charge in [-0.25, -0.2) is 9.97 Å². The van der Waals surface area contributed by atoms with Gasteiger partial charge in [0.05, 0.1) is 11.6 Å². The van der Waals surface area contributed by atoms with Crippen LogP contribution >= 0.6 is 23.2 Å². The van der Waals surface area contributed by atoms with E-state index < -0.39 is 0 Å². The molecule has 2 fully saturated rings. The van der Waals surface area contributed by atoms with Crippen molar-refractivity contribution in [3.63, 3.8) is 0 Å². The van der Waals surface area contributed by atoms with Gasteiger partial charge in [0.15, 0.2) is 11.2 Å². The van der Waals surface area contributed by atoms with Crippen LogP contribution in [0, 0.1) is 0 Å². The third-order valence-electron chi connectivity index (χ3n) is 7.09. The highest BCUT2D eigenvalue weighted by Gasteiger charge is 2.41. The molecule has 0 radical (unpaired) electrons. The number of rotatable bonds is 9. The molecule has 2 aromatic heterocycles. The van der Waals surface area contributed by atoms with E-state index in [1.54, 1.807) is 0 Å². The quantitative estimate of drug-likeness (QED) is 0.310. The number of hydrogen-bond donors (Lipinski definition) is 1. The van der Waals surface area contributed by atoms with Crippen molar-refractivity contribution < 1.29 is 9.47 Å². The van der Waals surface area contributed by atoms with Crippen molar-refractivity contribution in [1.29, 1.82) is 0 Å². The first-order valence-electron chi connectivity index (χ1n) is 13.0. The molecule has 10 heteroatoms. The number of hydrogen-bond acceptors (Lipinski definition) is 7. The second kappa shape index (κ2) is 10.7. The molecule has 4 aromatic rings. The fraction of sp³-hybridized carbons (Fsp3) is 0.393. The van der Waals surface area contributed by atoms with Gasteiger partial charge < -0.3 is 19.4 Å². The summed E-state index contributed by atoms with van der Waals surface area (Å²) in [6.45, 7) is 8.22. The van der Waals surface area contributed by atoms with Crippen molar-refractivity contribution in [2.24, 2.45) is 0 Å². The van der Waals surface area contributed by atoms with Crippen LogP contribution in [0.15, 0.2) is 48.8 Å². The molecule has 1 aliphatic carbocycles.